The first-order chi connectivity index (χ1) is 12.8. The van der Waals surface area contributed by atoms with Crippen LogP contribution in [0.4, 0.5) is 5.69 Å². The summed E-state index contributed by atoms with van der Waals surface area (Å²) in [4.78, 5) is 12.9. The van der Waals surface area contributed by atoms with Crippen LogP contribution in [0.1, 0.15) is 16.1 Å². The molecule has 1 heterocycles. The Balaban J connectivity index is 1.75. The number of sulfone groups is 1. The molecule has 1 N–H and O–H groups in total. The molecule has 0 radical (unpaired) electrons. The summed E-state index contributed by atoms with van der Waals surface area (Å²) >= 11 is 0. The van der Waals surface area contributed by atoms with Crippen LogP contribution in [0.2, 0.25) is 0 Å². The van der Waals surface area contributed by atoms with Crippen LogP contribution >= 0.6 is 0 Å². The number of aryl methyl sites for hydroxylation is 1. The number of benzene rings is 3. The molecule has 0 aliphatic rings. The van der Waals surface area contributed by atoms with E-state index in [0.29, 0.717) is 11.3 Å². The van der Waals surface area contributed by atoms with Gasteiger partial charge in [0.1, 0.15) is 5.58 Å². The Morgan fingerprint density at radius 2 is 1.74 bits per heavy atom. The van der Waals surface area contributed by atoms with E-state index in [4.69, 9.17) is 4.42 Å². The summed E-state index contributed by atoms with van der Waals surface area (Å²) in [6.45, 7) is 1.84. The summed E-state index contributed by atoms with van der Waals surface area (Å²) in [7, 11) is -3.35. The van der Waals surface area contributed by atoms with Gasteiger partial charge in [-0.3, -0.25) is 4.79 Å². The number of anilines is 1. The molecule has 136 valence electrons. The Morgan fingerprint density at radius 3 is 2.52 bits per heavy atom. The molecule has 4 aromatic rings. The van der Waals surface area contributed by atoms with Crippen molar-refractivity contribution in [3.63, 3.8) is 0 Å². The third-order valence-corrected chi connectivity index (χ3v) is 5.66. The van der Waals surface area contributed by atoms with Crippen LogP contribution in [0.15, 0.2) is 70.0 Å². The summed E-state index contributed by atoms with van der Waals surface area (Å²) in [6, 6.07) is 17.9. The number of rotatable bonds is 3. The fourth-order valence-electron chi connectivity index (χ4n) is 3.16. The Hall–Kier alpha value is -3.12. The molecule has 1 amide bonds. The lowest BCUT2D eigenvalue weighted by Gasteiger charge is -2.05. The average Bonchev–Trinajstić information content (AvgIpc) is 2.99. The van der Waals surface area contributed by atoms with Crippen molar-refractivity contribution in [3.8, 4) is 0 Å². The molecule has 27 heavy (non-hydrogen) atoms. The van der Waals surface area contributed by atoms with Crippen molar-refractivity contribution in [3.05, 3.63) is 72.0 Å². The van der Waals surface area contributed by atoms with Crippen LogP contribution in [0.25, 0.3) is 21.7 Å². The minimum atomic E-state index is -3.35. The first kappa shape index (κ1) is 17.3. The number of hydrogen-bond acceptors (Lipinski definition) is 4. The Bertz CT molecular complexity index is 1300. The van der Waals surface area contributed by atoms with Gasteiger partial charge in [0.2, 0.25) is 0 Å². The van der Waals surface area contributed by atoms with Crippen LogP contribution in [0.5, 0.6) is 0 Å². The molecule has 6 heteroatoms. The number of fused-ring (bicyclic) bond motifs is 3. The summed E-state index contributed by atoms with van der Waals surface area (Å²) in [5, 5.41) is 5.58. The highest BCUT2D eigenvalue weighted by molar-refractivity contribution is 7.90. The first-order valence-electron chi connectivity index (χ1n) is 8.37. The molecule has 5 nitrogen and oxygen atoms in total. The van der Waals surface area contributed by atoms with E-state index < -0.39 is 15.7 Å². The van der Waals surface area contributed by atoms with Gasteiger partial charge in [-0.2, -0.15) is 0 Å². The van der Waals surface area contributed by atoms with Gasteiger partial charge >= 0.3 is 0 Å². The molecule has 0 unspecified atom stereocenters. The van der Waals surface area contributed by atoms with Crippen molar-refractivity contribution in [2.24, 2.45) is 0 Å². The van der Waals surface area contributed by atoms with Gasteiger partial charge in [0.15, 0.2) is 15.6 Å². The Kier molecular flexibility index (Phi) is 4.00. The van der Waals surface area contributed by atoms with Crippen LogP contribution in [0.3, 0.4) is 0 Å². The normalized spacial score (nSPS) is 11.8. The van der Waals surface area contributed by atoms with E-state index in [9.17, 15) is 13.2 Å². The smallest absolute Gasteiger partial charge is 0.291 e. The Labute approximate surface area is 156 Å². The third kappa shape index (κ3) is 3.08. The van der Waals surface area contributed by atoms with E-state index in [2.05, 4.69) is 5.32 Å². The third-order valence-electron chi connectivity index (χ3n) is 4.55. The second-order valence-corrected chi connectivity index (χ2v) is 8.49. The van der Waals surface area contributed by atoms with E-state index in [-0.39, 0.29) is 10.7 Å². The molecular formula is C21H17NO4S. The Morgan fingerprint density at radius 1 is 0.963 bits per heavy atom. The second-order valence-electron chi connectivity index (χ2n) is 6.47. The van der Waals surface area contributed by atoms with Gasteiger partial charge in [-0.1, -0.05) is 42.5 Å². The number of hydrogen-bond donors (Lipinski definition) is 1. The maximum atomic E-state index is 12.7. The van der Waals surface area contributed by atoms with Crippen molar-refractivity contribution in [2.45, 2.75) is 11.8 Å². The molecule has 0 fully saturated rings. The topological polar surface area (TPSA) is 76.4 Å². The van der Waals surface area contributed by atoms with Gasteiger partial charge < -0.3 is 9.73 Å². The molecule has 0 aliphatic heterocycles. The standard InChI is InChI=1S/C21H17NO4S/c1-13-17-11-10-14-6-3-4-9-18(14)20(17)26-19(13)21(23)22-15-7-5-8-16(12-15)27(2,24)25/h3-12H,1-2H3,(H,22,23). The summed E-state index contributed by atoms with van der Waals surface area (Å²) in [5.41, 5.74) is 1.81. The van der Waals surface area contributed by atoms with E-state index in [0.717, 1.165) is 28.0 Å². The highest BCUT2D eigenvalue weighted by Gasteiger charge is 2.19. The summed E-state index contributed by atoms with van der Waals surface area (Å²) in [6.07, 6.45) is 1.13. The quantitative estimate of drug-likeness (QED) is 0.566. The molecule has 0 spiro atoms. The molecule has 0 atom stereocenters. The number of furan rings is 1. The predicted octanol–water partition coefficient (Wildman–Crippen LogP) is 4.55. The molecule has 0 saturated carbocycles. The first-order valence-corrected chi connectivity index (χ1v) is 10.3. The fraction of sp³-hybridized carbons (Fsp3) is 0.0952. The summed E-state index contributed by atoms with van der Waals surface area (Å²) in [5.74, 6) is -0.204. The van der Waals surface area contributed by atoms with E-state index >= 15 is 0 Å². The maximum absolute atomic E-state index is 12.7. The zero-order valence-corrected chi connectivity index (χ0v) is 15.6. The average molecular weight is 379 g/mol. The molecule has 3 aromatic carbocycles. The largest absolute Gasteiger partial charge is 0.450 e. The maximum Gasteiger partial charge on any atom is 0.291 e. The van der Waals surface area contributed by atoms with Crippen molar-refractivity contribution in [1.82, 2.24) is 0 Å². The van der Waals surface area contributed by atoms with E-state index in [1.165, 1.54) is 12.1 Å². The second kappa shape index (κ2) is 6.25. The lowest BCUT2D eigenvalue weighted by molar-refractivity contribution is 0.0998. The fourth-order valence-corrected chi connectivity index (χ4v) is 3.82. The van der Waals surface area contributed by atoms with Crippen LogP contribution < -0.4 is 5.32 Å². The van der Waals surface area contributed by atoms with Crippen LogP contribution in [0, 0.1) is 6.92 Å². The number of carbonyl (C=O) groups excluding carboxylic acids is 1. The monoisotopic (exact) mass is 379 g/mol. The number of amides is 1. The minimum absolute atomic E-state index is 0.146. The minimum Gasteiger partial charge on any atom is -0.450 e. The van der Waals surface area contributed by atoms with E-state index in [1.807, 2.05) is 43.3 Å². The zero-order chi connectivity index (χ0) is 19.2. The van der Waals surface area contributed by atoms with Crippen molar-refractivity contribution >= 4 is 43.2 Å². The zero-order valence-electron chi connectivity index (χ0n) is 14.8. The lowest BCUT2D eigenvalue weighted by Crippen LogP contribution is -2.12. The van der Waals surface area contributed by atoms with Gasteiger partial charge in [0.05, 0.1) is 4.90 Å². The number of carbonyl (C=O) groups is 1. The molecule has 4 rings (SSSR count). The highest BCUT2D eigenvalue weighted by atomic mass is 32.2. The van der Waals surface area contributed by atoms with Crippen molar-refractivity contribution in [2.75, 3.05) is 11.6 Å². The van der Waals surface area contributed by atoms with Crippen LogP contribution in [-0.2, 0) is 9.84 Å². The van der Waals surface area contributed by atoms with Gasteiger partial charge in [-0.25, -0.2) is 8.42 Å². The molecule has 0 saturated heterocycles. The van der Waals surface area contributed by atoms with Gasteiger partial charge in [0.25, 0.3) is 5.91 Å². The summed E-state index contributed by atoms with van der Waals surface area (Å²) < 4.78 is 29.3. The molecular weight excluding hydrogens is 362 g/mol. The number of nitrogens with one attached hydrogen (secondary N) is 1. The molecule has 0 aliphatic carbocycles. The van der Waals surface area contributed by atoms with E-state index in [1.54, 1.807) is 12.1 Å². The van der Waals surface area contributed by atoms with Gasteiger partial charge in [-0.05, 0) is 30.5 Å². The SMILES string of the molecule is Cc1c(C(=O)Nc2cccc(S(C)(=O)=O)c2)oc2c1ccc1ccccc12. The van der Waals surface area contributed by atoms with Gasteiger partial charge in [0, 0.05) is 28.3 Å². The van der Waals surface area contributed by atoms with Gasteiger partial charge in [-0.15, -0.1) is 0 Å². The molecule has 0 bridgehead atoms. The lowest BCUT2D eigenvalue weighted by atomic mass is 10.1. The highest BCUT2D eigenvalue weighted by Crippen LogP contribution is 2.32. The van der Waals surface area contributed by atoms with Crippen molar-refractivity contribution in [1.29, 1.82) is 0 Å². The van der Waals surface area contributed by atoms with Crippen molar-refractivity contribution < 1.29 is 17.6 Å². The predicted molar refractivity (Wildman–Crippen MR) is 106 cm³/mol. The van der Waals surface area contributed by atoms with Crippen LogP contribution in [-0.4, -0.2) is 20.6 Å². The molecule has 1 aromatic heterocycles.